The summed E-state index contributed by atoms with van der Waals surface area (Å²) in [6, 6.07) is 15.3. The number of thiophene rings is 1. The highest BCUT2D eigenvalue weighted by molar-refractivity contribution is 7.98. The monoisotopic (exact) mass is 497 g/mol. The zero-order chi connectivity index (χ0) is 24.5. The molecule has 0 fully saturated rings. The number of hydrogen-bond donors (Lipinski definition) is 1. The molecule has 0 saturated heterocycles. The number of nitrogens with one attached hydrogen (secondary N) is 1. The Hall–Kier alpha value is -3.10. The molecule has 2 aromatic carbocycles. The maximum atomic E-state index is 13.4. The van der Waals surface area contributed by atoms with Crippen LogP contribution in [0.15, 0.2) is 77.5 Å². The molecular formula is C26H28FN3O2S2. The molecule has 3 rings (SSSR count). The predicted octanol–water partition coefficient (Wildman–Crippen LogP) is 6.17. The van der Waals surface area contributed by atoms with Gasteiger partial charge in [-0.25, -0.2) is 9.18 Å². The number of carbonyl (C=O) groups is 2. The smallest absolute Gasteiger partial charge is 0.322 e. The minimum Gasteiger partial charge on any atom is -0.332 e. The summed E-state index contributed by atoms with van der Waals surface area (Å²) in [5.74, 6) is -0.526. The van der Waals surface area contributed by atoms with Gasteiger partial charge < -0.3 is 15.1 Å². The van der Waals surface area contributed by atoms with Gasteiger partial charge in [-0.15, -0.1) is 29.7 Å². The maximum absolute atomic E-state index is 13.4. The van der Waals surface area contributed by atoms with Crippen molar-refractivity contribution in [2.45, 2.75) is 24.9 Å². The number of anilines is 1. The number of nitrogens with zero attached hydrogens (tertiary/aromatic N) is 2. The normalized spacial score (nSPS) is 10.6. The molecular weight excluding hydrogens is 469 g/mol. The molecule has 0 aliphatic carbocycles. The van der Waals surface area contributed by atoms with E-state index in [1.807, 2.05) is 48.9 Å². The van der Waals surface area contributed by atoms with E-state index >= 15 is 0 Å². The first-order valence-electron chi connectivity index (χ1n) is 10.8. The lowest BCUT2D eigenvalue weighted by molar-refractivity contribution is -0.132. The maximum Gasteiger partial charge on any atom is 0.322 e. The second-order valence-corrected chi connectivity index (χ2v) is 9.61. The van der Waals surface area contributed by atoms with E-state index in [0.717, 1.165) is 20.9 Å². The van der Waals surface area contributed by atoms with E-state index in [2.05, 4.69) is 11.9 Å². The van der Waals surface area contributed by atoms with E-state index in [4.69, 9.17) is 0 Å². The van der Waals surface area contributed by atoms with Gasteiger partial charge in [0.2, 0.25) is 5.91 Å². The summed E-state index contributed by atoms with van der Waals surface area (Å²) < 4.78 is 13.4. The van der Waals surface area contributed by atoms with Crippen LogP contribution in [0, 0.1) is 12.7 Å². The second-order valence-electron chi connectivity index (χ2n) is 7.73. The van der Waals surface area contributed by atoms with Crippen molar-refractivity contribution < 1.29 is 14.0 Å². The van der Waals surface area contributed by atoms with Gasteiger partial charge in [-0.3, -0.25) is 4.79 Å². The first-order chi connectivity index (χ1) is 16.4. The Labute approximate surface area is 208 Å². The summed E-state index contributed by atoms with van der Waals surface area (Å²) in [5, 5.41) is 4.84. The minimum atomic E-state index is -0.376. The average Bonchev–Trinajstić information content (AvgIpc) is 3.24. The molecule has 1 heterocycles. The van der Waals surface area contributed by atoms with Crippen LogP contribution in [0.4, 0.5) is 14.9 Å². The fourth-order valence-corrected chi connectivity index (χ4v) is 4.63. The van der Waals surface area contributed by atoms with Gasteiger partial charge in [-0.05, 0) is 72.2 Å². The molecule has 178 valence electrons. The summed E-state index contributed by atoms with van der Waals surface area (Å²) in [5.41, 5.74) is 2.58. The van der Waals surface area contributed by atoms with Gasteiger partial charge in [0.05, 0.1) is 6.54 Å². The molecule has 0 aliphatic heterocycles. The van der Waals surface area contributed by atoms with Gasteiger partial charge in [-0.1, -0.05) is 18.2 Å². The highest BCUT2D eigenvalue weighted by atomic mass is 32.2. The zero-order valence-corrected chi connectivity index (χ0v) is 20.9. The third kappa shape index (κ3) is 7.20. The van der Waals surface area contributed by atoms with Gasteiger partial charge >= 0.3 is 6.03 Å². The molecule has 3 aromatic rings. The topological polar surface area (TPSA) is 52.7 Å². The number of amides is 3. The third-order valence-corrected chi connectivity index (χ3v) is 7.00. The highest BCUT2D eigenvalue weighted by Crippen LogP contribution is 2.21. The molecule has 1 N–H and O–H groups in total. The van der Waals surface area contributed by atoms with Crippen LogP contribution in [0.25, 0.3) is 0 Å². The lowest BCUT2D eigenvalue weighted by Crippen LogP contribution is -2.44. The Morgan fingerprint density at radius 2 is 1.76 bits per heavy atom. The molecule has 0 saturated carbocycles. The Bertz CT molecular complexity index is 1110. The SMILES string of the molecule is C=CCN(CC(=O)N(Cc1ccc(F)cc1)Cc1sccc1C)C(=O)Nc1ccc(SC)cc1. The first kappa shape index (κ1) is 25.5. The van der Waals surface area contributed by atoms with E-state index < -0.39 is 0 Å². The van der Waals surface area contributed by atoms with E-state index in [9.17, 15) is 14.0 Å². The van der Waals surface area contributed by atoms with Gasteiger partial charge in [0, 0.05) is 28.5 Å². The Kier molecular flexibility index (Phi) is 9.30. The standard InChI is InChI=1S/C26H28FN3O2S2/c1-4-14-29(26(32)28-22-9-11-23(33-3)12-10-22)18-25(31)30(17-24-19(2)13-15-34-24)16-20-5-7-21(27)8-6-20/h4-13,15H,1,14,16-18H2,2-3H3,(H,28,32). The fourth-order valence-electron chi connectivity index (χ4n) is 3.30. The van der Waals surface area contributed by atoms with Crippen molar-refractivity contribution in [1.82, 2.24) is 9.80 Å². The van der Waals surface area contributed by atoms with Crippen molar-refractivity contribution in [2.24, 2.45) is 0 Å². The lowest BCUT2D eigenvalue weighted by atomic mass is 10.2. The molecule has 3 amide bonds. The first-order valence-corrected chi connectivity index (χ1v) is 12.9. The van der Waals surface area contributed by atoms with Crippen LogP contribution in [0.3, 0.4) is 0 Å². The van der Waals surface area contributed by atoms with Crippen molar-refractivity contribution in [3.05, 3.63) is 94.5 Å². The van der Waals surface area contributed by atoms with Crippen LogP contribution in [-0.2, 0) is 17.9 Å². The Balaban J connectivity index is 1.74. The van der Waals surface area contributed by atoms with Crippen molar-refractivity contribution in [3.63, 3.8) is 0 Å². The number of carbonyl (C=O) groups excluding carboxylic acids is 2. The van der Waals surface area contributed by atoms with E-state index in [-0.39, 0.29) is 30.8 Å². The van der Waals surface area contributed by atoms with E-state index in [0.29, 0.717) is 18.8 Å². The molecule has 34 heavy (non-hydrogen) atoms. The van der Waals surface area contributed by atoms with Crippen molar-refractivity contribution in [2.75, 3.05) is 24.7 Å². The van der Waals surface area contributed by atoms with Gasteiger partial charge in [0.15, 0.2) is 0 Å². The number of thioether (sulfide) groups is 1. The summed E-state index contributed by atoms with van der Waals surface area (Å²) in [6.07, 6.45) is 3.58. The largest absolute Gasteiger partial charge is 0.332 e. The molecule has 1 aromatic heterocycles. The number of urea groups is 1. The van der Waals surface area contributed by atoms with Crippen LogP contribution in [0.5, 0.6) is 0 Å². The Morgan fingerprint density at radius 1 is 1.06 bits per heavy atom. The molecule has 0 aliphatic rings. The molecule has 0 atom stereocenters. The minimum absolute atomic E-state index is 0.105. The number of halogens is 1. The van der Waals surface area contributed by atoms with Crippen molar-refractivity contribution >= 4 is 40.7 Å². The van der Waals surface area contributed by atoms with Crippen LogP contribution in [-0.4, -0.2) is 41.1 Å². The summed E-state index contributed by atoms with van der Waals surface area (Å²) >= 11 is 3.20. The molecule has 0 radical (unpaired) electrons. The number of benzene rings is 2. The number of hydrogen-bond acceptors (Lipinski definition) is 4. The fraction of sp³-hybridized carbons (Fsp3) is 0.231. The Morgan fingerprint density at radius 3 is 2.35 bits per heavy atom. The van der Waals surface area contributed by atoms with Crippen LogP contribution < -0.4 is 5.32 Å². The average molecular weight is 498 g/mol. The number of aryl methyl sites for hydroxylation is 1. The third-order valence-electron chi connectivity index (χ3n) is 5.25. The van der Waals surface area contributed by atoms with E-state index in [1.54, 1.807) is 46.2 Å². The van der Waals surface area contributed by atoms with Gasteiger partial charge in [0.25, 0.3) is 0 Å². The van der Waals surface area contributed by atoms with Gasteiger partial charge in [0.1, 0.15) is 12.4 Å². The molecule has 5 nitrogen and oxygen atoms in total. The lowest BCUT2D eigenvalue weighted by Gasteiger charge is -2.27. The highest BCUT2D eigenvalue weighted by Gasteiger charge is 2.22. The quantitative estimate of drug-likeness (QED) is 0.269. The zero-order valence-electron chi connectivity index (χ0n) is 19.3. The van der Waals surface area contributed by atoms with Gasteiger partial charge in [-0.2, -0.15) is 0 Å². The molecule has 8 heteroatoms. The van der Waals surface area contributed by atoms with Crippen LogP contribution in [0.1, 0.15) is 16.0 Å². The molecule has 0 spiro atoms. The second kappa shape index (κ2) is 12.4. The van der Waals surface area contributed by atoms with E-state index in [1.165, 1.54) is 17.0 Å². The predicted molar refractivity (Wildman–Crippen MR) is 139 cm³/mol. The summed E-state index contributed by atoms with van der Waals surface area (Å²) in [6.45, 7) is 6.59. The molecule has 0 bridgehead atoms. The molecule has 0 unspecified atom stereocenters. The summed E-state index contributed by atoms with van der Waals surface area (Å²) in [4.78, 5) is 31.6. The van der Waals surface area contributed by atoms with Crippen molar-refractivity contribution in [1.29, 1.82) is 0 Å². The van der Waals surface area contributed by atoms with Crippen LogP contribution >= 0.6 is 23.1 Å². The van der Waals surface area contributed by atoms with Crippen LogP contribution in [0.2, 0.25) is 0 Å². The number of rotatable bonds is 10. The summed E-state index contributed by atoms with van der Waals surface area (Å²) in [7, 11) is 0. The van der Waals surface area contributed by atoms with Crippen molar-refractivity contribution in [3.8, 4) is 0 Å².